The Hall–Kier alpha value is -3.32. The number of benzene rings is 2. The summed E-state index contributed by atoms with van der Waals surface area (Å²) in [5, 5.41) is 15.1. The fourth-order valence-electron chi connectivity index (χ4n) is 3.81. The first-order chi connectivity index (χ1) is 15.2. The summed E-state index contributed by atoms with van der Waals surface area (Å²) in [6, 6.07) is 13.0. The van der Waals surface area contributed by atoms with Crippen LogP contribution in [0.25, 0.3) is 23.5 Å². The molecular formula is C24H28N4O3. The highest BCUT2D eigenvalue weighted by molar-refractivity contribution is 5.70. The number of methoxy groups -OCH3 is 2. The van der Waals surface area contributed by atoms with E-state index in [0.29, 0.717) is 35.4 Å². The molecule has 0 radical (unpaired) electrons. The number of piperidine rings is 1. The minimum atomic E-state index is 0.199. The van der Waals surface area contributed by atoms with E-state index in [1.807, 2.05) is 53.2 Å². The van der Waals surface area contributed by atoms with Gasteiger partial charge in [0, 0.05) is 0 Å². The molecule has 31 heavy (non-hydrogen) atoms. The molecule has 1 fully saturated rings. The third-order valence-corrected chi connectivity index (χ3v) is 5.45. The zero-order valence-corrected chi connectivity index (χ0v) is 18.0. The van der Waals surface area contributed by atoms with Crippen molar-refractivity contribution in [3.63, 3.8) is 0 Å². The Morgan fingerprint density at radius 1 is 0.968 bits per heavy atom. The van der Waals surface area contributed by atoms with Gasteiger partial charge in [-0.3, -0.25) is 4.90 Å². The molecule has 0 saturated carbocycles. The Balaban J connectivity index is 1.64. The van der Waals surface area contributed by atoms with Gasteiger partial charge in [-0.25, -0.2) is 9.67 Å². The normalized spacial score (nSPS) is 14.8. The summed E-state index contributed by atoms with van der Waals surface area (Å²) in [5.74, 6) is 2.81. The maximum atomic E-state index is 10.4. The van der Waals surface area contributed by atoms with Gasteiger partial charge < -0.3 is 14.6 Å². The van der Waals surface area contributed by atoms with E-state index in [9.17, 15) is 5.11 Å². The van der Waals surface area contributed by atoms with Gasteiger partial charge in [-0.15, -0.1) is 5.10 Å². The van der Waals surface area contributed by atoms with Gasteiger partial charge in [0.25, 0.3) is 0 Å². The lowest BCUT2D eigenvalue weighted by Gasteiger charge is -2.26. The molecule has 1 aliphatic heterocycles. The van der Waals surface area contributed by atoms with Crippen LogP contribution in [0.1, 0.15) is 30.7 Å². The van der Waals surface area contributed by atoms with E-state index in [1.54, 1.807) is 20.3 Å². The highest BCUT2D eigenvalue weighted by Crippen LogP contribution is 2.29. The first-order valence-electron chi connectivity index (χ1n) is 10.5. The molecule has 0 atom stereocenters. The number of hydrogen-bond donors (Lipinski definition) is 1. The summed E-state index contributed by atoms with van der Waals surface area (Å²) in [6.07, 6.45) is 7.49. The zero-order valence-electron chi connectivity index (χ0n) is 18.0. The van der Waals surface area contributed by atoms with Gasteiger partial charge in [0.15, 0.2) is 23.1 Å². The molecule has 2 aromatic carbocycles. The molecule has 0 bridgehead atoms. The lowest BCUT2D eigenvalue weighted by atomic mass is 10.1. The Labute approximate surface area is 182 Å². The number of rotatable bonds is 7. The van der Waals surface area contributed by atoms with Crippen LogP contribution in [0.4, 0.5) is 0 Å². The van der Waals surface area contributed by atoms with E-state index < -0.39 is 0 Å². The van der Waals surface area contributed by atoms with Gasteiger partial charge in [0.2, 0.25) is 0 Å². The number of ether oxygens (including phenoxy) is 2. The molecule has 1 N–H and O–H groups in total. The Morgan fingerprint density at radius 3 is 2.48 bits per heavy atom. The first kappa shape index (κ1) is 20.9. The molecule has 0 amide bonds. The van der Waals surface area contributed by atoms with Crippen LogP contribution in [0.2, 0.25) is 0 Å². The second kappa shape index (κ2) is 9.66. The molecule has 0 spiro atoms. The van der Waals surface area contributed by atoms with E-state index in [-0.39, 0.29) is 5.75 Å². The van der Waals surface area contributed by atoms with Crippen LogP contribution in [-0.2, 0) is 6.67 Å². The number of nitrogens with zero attached hydrogens (tertiary/aromatic N) is 4. The van der Waals surface area contributed by atoms with Crippen molar-refractivity contribution in [1.82, 2.24) is 19.7 Å². The Bertz CT molecular complexity index is 1050. The number of phenols is 1. The molecule has 4 rings (SSSR count). The predicted molar refractivity (Wildman–Crippen MR) is 121 cm³/mol. The van der Waals surface area contributed by atoms with Crippen LogP contribution in [0.5, 0.6) is 17.2 Å². The summed E-state index contributed by atoms with van der Waals surface area (Å²) in [6.45, 7) is 2.76. The van der Waals surface area contributed by atoms with Gasteiger partial charge in [-0.05, 0) is 61.8 Å². The van der Waals surface area contributed by atoms with E-state index in [0.717, 1.165) is 18.7 Å². The molecule has 1 saturated heterocycles. The summed E-state index contributed by atoms with van der Waals surface area (Å²) >= 11 is 0. The Morgan fingerprint density at radius 2 is 1.74 bits per heavy atom. The minimum absolute atomic E-state index is 0.199. The third kappa shape index (κ3) is 4.88. The monoisotopic (exact) mass is 420 g/mol. The highest BCUT2D eigenvalue weighted by Gasteiger charge is 2.18. The lowest BCUT2D eigenvalue weighted by Crippen LogP contribution is -2.32. The van der Waals surface area contributed by atoms with Crippen molar-refractivity contribution in [2.75, 3.05) is 27.3 Å². The number of para-hydroxylation sites is 1. The Kier molecular flexibility index (Phi) is 6.52. The molecule has 1 aliphatic rings. The standard InChI is InChI=1S/C24H28N4O3/c1-30-21-12-10-18(16-22(21)31-2)11-13-23-25-24(19-8-4-5-9-20(19)29)28(26-23)17-27-14-6-3-7-15-27/h4-5,8-13,16,29H,3,6-7,14-15,17H2,1-2H3/b13-11+. The maximum Gasteiger partial charge on any atom is 0.174 e. The molecule has 2 heterocycles. The minimum Gasteiger partial charge on any atom is -0.507 e. The van der Waals surface area contributed by atoms with Crippen molar-refractivity contribution in [2.45, 2.75) is 25.9 Å². The largest absolute Gasteiger partial charge is 0.507 e. The number of likely N-dealkylation sites (tertiary alicyclic amines) is 1. The summed E-state index contributed by atoms with van der Waals surface area (Å²) < 4.78 is 12.6. The fraction of sp³-hybridized carbons (Fsp3) is 0.333. The smallest absolute Gasteiger partial charge is 0.174 e. The summed E-state index contributed by atoms with van der Waals surface area (Å²) in [5.41, 5.74) is 1.63. The topological polar surface area (TPSA) is 72.6 Å². The predicted octanol–water partition coefficient (Wildman–Crippen LogP) is 4.28. The average Bonchev–Trinajstić information content (AvgIpc) is 3.20. The highest BCUT2D eigenvalue weighted by atomic mass is 16.5. The van der Waals surface area contributed by atoms with Crippen LogP contribution in [0.3, 0.4) is 0 Å². The quantitative estimate of drug-likeness (QED) is 0.615. The van der Waals surface area contributed by atoms with Crippen molar-refractivity contribution in [3.8, 4) is 28.6 Å². The fourth-order valence-corrected chi connectivity index (χ4v) is 3.81. The molecule has 7 heteroatoms. The van der Waals surface area contributed by atoms with Crippen molar-refractivity contribution >= 4 is 12.2 Å². The zero-order chi connectivity index (χ0) is 21.6. The van der Waals surface area contributed by atoms with Crippen LogP contribution < -0.4 is 9.47 Å². The number of hydrogen-bond acceptors (Lipinski definition) is 6. The number of aromatic nitrogens is 3. The SMILES string of the molecule is COc1ccc(/C=C/c2nc(-c3ccccc3O)n(CN3CCCCC3)n2)cc1OC. The first-order valence-corrected chi connectivity index (χ1v) is 10.5. The summed E-state index contributed by atoms with van der Waals surface area (Å²) in [7, 11) is 3.24. The molecule has 0 unspecified atom stereocenters. The summed E-state index contributed by atoms with van der Waals surface area (Å²) in [4.78, 5) is 7.10. The van der Waals surface area contributed by atoms with E-state index >= 15 is 0 Å². The van der Waals surface area contributed by atoms with Crippen LogP contribution >= 0.6 is 0 Å². The van der Waals surface area contributed by atoms with Crippen molar-refractivity contribution in [3.05, 3.63) is 53.9 Å². The lowest BCUT2D eigenvalue weighted by molar-refractivity contribution is 0.174. The van der Waals surface area contributed by atoms with Gasteiger partial charge in [-0.2, -0.15) is 0 Å². The van der Waals surface area contributed by atoms with Gasteiger partial charge in [0.05, 0.1) is 26.5 Å². The van der Waals surface area contributed by atoms with E-state index in [1.165, 1.54) is 19.3 Å². The van der Waals surface area contributed by atoms with Crippen LogP contribution in [-0.4, -0.2) is 52.1 Å². The average molecular weight is 421 g/mol. The van der Waals surface area contributed by atoms with Crippen molar-refractivity contribution in [1.29, 1.82) is 0 Å². The van der Waals surface area contributed by atoms with Gasteiger partial charge in [0.1, 0.15) is 5.75 Å². The maximum absolute atomic E-state index is 10.4. The third-order valence-electron chi connectivity index (χ3n) is 5.45. The molecule has 0 aliphatic carbocycles. The van der Waals surface area contributed by atoms with E-state index in [2.05, 4.69) is 4.90 Å². The second-order valence-electron chi connectivity index (χ2n) is 7.58. The number of aromatic hydroxyl groups is 1. The molecule has 162 valence electrons. The van der Waals surface area contributed by atoms with Gasteiger partial charge in [-0.1, -0.05) is 30.7 Å². The van der Waals surface area contributed by atoms with Crippen molar-refractivity contribution < 1.29 is 14.6 Å². The van der Waals surface area contributed by atoms with Crippen LogP contribution in [0.15, 0.2) is 42.5 Å². The molecule has 3 aromatic rings. The van der Waals surface area contributed by atoms with Crippen molar-refractivity contribution in [2.24, 2.45) is 0 Å². The number of phenolic OH excluding ortho intramolecular Hbond substituents is 1. The van der Waals surface area contributed by atoms with Gasteiger partial charge >= 0.3 is 0 Å². The second-order valence-corrected chi connectivity index (χ2v) is 7.58. The van der Waals surface area contributed by atoms with E-state index in [4.69, 9.17) is 19.6 Å². The van der Waals surface area contributed by atoms with Crippen LogP contribution in [0, 0.1) is 0 Å². The molecule has 7 nitrogen and oxygen atoms in total. The molecular weight excluding hydrogens is 392 g/mol. The molecule has 1 aromatic heterocycles.